The van der Waals surface area contributed by atoms with Gasteiger partial charge in [-0.15, -0.1) is 12.4 Å². The molecule has 2 aromatic rings. The minimum absolute atomic E-state index is 0. The van der Waals surface area contributed by atoms with Gasteiger partial charge in [0, 0.05) is 20.0 Å². The smallest absolute Gasteiger partial charge is 0.410 e. The van der Waals surface area contributed by atoms with Crippen molar-refractivity contribution in [1.29, 1.82) is 0 Å². The second-order valence-corrected chi connectivity index (χ2v) is 8.67. The van der Waals surface area contributed by atoms with E-state index in [1.165, 1.54) is 7.11 Å². The number of methoxy groups -OCH3 is 1. The van der Waals surface area contributed by atoms with Crippen LogP contribution in [0.1, 0.15) is 49.2 Å². The predicted molar refractivity (Wildman–Crippen MR) is 115 cm³/mol. The van der Waals surface area contributed by atoms with Gasteiger partial charge in [0.1, 0.15) is 11.6 Å². The molecule has 1 aromatic heterocycles. The number of alkyl halides is 5. The SMILES string of the molecule is COC[C@H](c1ccc2oc([C@@H](N)C3CCC(F)(F)CC3)nc2c1)N1C[C@@H](C(F)(F)F)NC1=O.Cl. The van der Waals surface area contributed by atoms with Crippen molar-refractivity contribution in [2.24, 2.45) is 11.7 Å². The number of nitrogens with two attached hydrogens (primary N) is 1. The van der Waals surface area contributed by atoms with Crippen LogP contribution >= 0.6 is 12.4 Å². The van der Waals surface area contributed by atoms with E-state index in [0.717, 1.165) is 4.90 Å². The molecule has 2 amide bonds. The Hall–Kier alpha value is -2.18. The zero-order valence-electron chi connectivity index (χ0n) is 18.3. The Morgan fingerprint density at radius 2 is 2.00 bits per heavy atom. The average molecular weight is 513 g/mol. The minimum Gasteiger partial charge on any atom is -0.439 e. The van der Waals surface area contributed by atoms with E-state index in [1.807, 2.05) is 5.32 Å². The van der Waals surface area contributed by atoms with Crippen LogP contribution in [0.4, 0.5) is 26.7 Å². The van der Waals surface area contributed by atoms with Crippen molar-refractivity contribution in [2.45, 2.75) is 55.9 Å². The number of oxazole rings is 1. The highest BCUT2D eigenvalue weighted by molar-refractivity contribution is 5.85. The predicted octanol–water partition coefficient (Wildman–Crippen LogP) is 4.72. The molecule has 3 N–H and O–H groups in total. The maximum atomic E-state index is 13.5. The lowest BCUT2D eigenvalue weighted by molar-refractivity contribution is -0.150. The number of carbonyl (C=O) groups is 1. The molecular formula is C21H26ClF5N4O3. The molecule has 1 aliphatic carbocycles. The van der Waals surface area contributed by atoms with Crippen LogP contribution in [-0.4, -0.2) is 54.3 Å². The summed E-state index contributed by atoms with van der Waals surface area (Å²) in [6.07, 6.45) is -4.50. The molecule has 1 aromatic carbocycles. The Labute approximate surface area is 198 Å². The number of ether oxygens (including phenoxy) is 1. The van der Waals surface area contributed by atoms with Crippen LogP contribution in [0.2, 0.25) is 0 Å². The monoisotopic (exact) mass is 512 g/mol. The first-order valence-corrected chi connectivity index (χ1v) is 10.6. The highest BCUT2D eigenvalue weighted by Gasteiger charge is 2.48. The fourth-order valence-corrected chi connectivity index (χ4v) is 4.47. The molecule has 0 spiro atoms. The summed E-state index contributed by atoms with van der Waals surface area (Å²) in [7, 11) is 1.39. The number of carbonyl (C=O) groups excluding carboxylic acids is 1. The minimum atomic E-state index is -4.56. The number of halogens is 6. The van der Waals surface area contributed by atoms with Crippen LogP contribution in [0.3, 0.4) is 0 Å². The first-order valence-electron chi connectivity index (χ1n) is 10.6. The van der Waals surface area contributed by atoms with Crippen LogP contribution in [-0.2, 0) is 4.74 Å². The molecule has 13 heteroatoms. The van der Waals surface area contributed by atoms with Gasteiger partial charge in [0.05, 0.1) is 25.2 Å². The lowest BCUT2D eigenvalue weighted by Crippen LogP contribution is -2.40. The van der Waals surface area contributed by atoms with E-state index >= 15 is 0 Å². The Morgan fingerprint density at radius 1 is 1.32 bits per heavy atom. The average Bonchev–Trinajstić information content (AvgIpc) is 3.34. The number of urea groups is 1. The summed E-state index contributed by atoms with van der Waals surface area (Å²) in [4.78, 5) is 17.7. The van der Waals surface area contributed by atoms with E-state index < -0.39 is 42.8 Å². The molecular weight excluding hydrogens is 487 g/mol. The molecule has 1 saturated carbocycles. The van der Waals surface area contributed by atoms with Crippen molar-refractivity contribution in [2.75, 3.05) is 20.3 Å². The standard InChI is InChI=1S/C21H25F5N4O3.ClH/c1-32-10-14(30-9-16(21(24,25)26)29-19(30)31)12-2-3-15-13(8-12)28-18(33-15)17(27)11-4-6-20(22,23)7-5-11;/h2-3,8,11,14,16-17H,4-7,9-10,27H2,1H3,(H,29,31);1H/t14-,16+,17+;/m1./s1. The van der Waals surface area contributed by atoms with Gasteiger partial charge >= 0.3 is 12.2 Å². The normalized spacial score (nSPS) is 23.0. The van der Waals surface area contributed by atoms with Gasteiger partial charge in [-0.25, -0.2) is 18.6 Å². The third kappa shape index (κ3) is 5.38. The van der Waals surface area contributed by atoms with Gasteiger partial charge < -0.3 is 25.1 Å². The lowest BCUT2D eigenvalue weighted by atomic mass is 9.82. The summed E-state index contributed by atoms with van der Waals surface area (Å²) in [6.45, 7) is -0.570. The quantitative estimate of drug-likeness (QED) is 0.546. The molecule has 0 unspecified atom stereocenters. The Balaban J connectivity index is 0.00000324. The van der Waals surface area contributed by atoms with Crippen LogP contribution in [0.15, 0.2) is 22.6 Å². The zero-order valence-corrected chi connectivity index (χ0v) is 19.1. The number of rotatable bonds is 6. The molecule has 2 aliphatic rings. The molecule has 1 aliphatic heterocycles. The van der Waals surface area contributed by atoms with Crippen LogP contribution < -0.4 is 11.1 Å². The number of aromatic nitrogens is 1. The first kappa shape index (κ1) is 26.4. The van der Waals surface area contributed by atoms with E-state index in [2.05, 4.69) is 4.98 Å². The number of nitrogens with zero attached hydrogens (tertiary/aromatic N) is 2. The highest BCUT2D eigenvalue weighted by atomic mass is 35.5. The summed E-state index contributed by atoms with van der Waals surface area (Å²) in [5.74, 6) is -2.64. The van der Waals surface area contributed by atoms with E-state index in [4.69, 9.17) is 14.9 Å². The van der Waals surface area contributed by atoms with Crippen LogP contribution in [0, 0.1) is 5.92 Å². The van der Waals surface area contributed by atoms with Gasteiger partial charge in [-0.3, -0.25) is 0 Å². The molecule has 7 nitrogen and oxygen atoms in total. The fraction of sp³-hybridized carbons (Fsp3) is 0.619. The van der Waals surface area contributed by atoms with Crippen LogP contribution in [0.5, 0.6) is 0 Å². The maximum Gasteiger partial charge on any atom is 0.410 e. The van der Waals surface area contributed by atoms with Crippen molar-refractivity contribution in [3.8, 4) is 0 Å². The molecule has 34 heavy (non-hydrogen) atoms. The molecule has 190 valence electrons. The summed E-state index contributed by atoms with van der Waals surface area (Å²) in [5, 5.41) is 1.95. The number of nitrogens with one attached hydrogen (secondary N) is 1. The summed E-state index contributed by atoms with van der Waals surface area (Å²) in [5.41, 5.74) is 7.59. The van der Waals surface area contributed by atoms with Crippen molar-refractivity contribution in [3.63, 3.8) is 0 Å². The molecule has 0 radical (unpaired) electrons. The van der Waals surface area contributed by atoms with Crippen LogP contribution in [0.25, 0.3) is 11.1 Å². The topological polar surface area (TPSA) is 93.6 Å². The number of hydrogen-bond donors (Lipinski definition) is 2. The number of hydrogen-bond acceptors (Lipinski definition) is 5. The third-order valence-electron chi connectivity index (χ3n) is 6.40. The Morgan fingerprint density at radius 3 is 2.59 bits per heavy atom. The van der Waals surface area contributed by atoms with Crippen molar-refractivity contribution < 1.29 is 35.9 Å². The maximum absolute atomic E-state index is 13.5. The van der Waals surface area contributed by atoms with E-state index in [0.29, 0.717) is 16.7 Å². The van der Waals surface area contributed by atoms with Crippen molar-refractivity contribution >= 4 is 29.5 Å². The molecule has 1 saturated heterocycles. The van der Waals surface area contributed by atoms with Crippen molar-refractivity contribution in [3.05, 3.63) is 29.7 Å². The van der Waals surface area contributed by atoms with Crippen molar-refractivity contribution in [1.82, 2.24) is 15.2 Å². The Bertz CT molecular complexity index is 1010. The number of fused-ring (bicyclic) bond motifs is 1. The van der Waals surface area contributed by atoms with E-state index in [1.54, 1.807) is 18.2 Å². The summed E-state index contributed by atoms with van der Waals surface area (Å²) < 4.78 is 77.1. The van der Waals surface area contributed by atoms with Gasteiger partial charge in [-0.2, -0.15) is 13.2 Å². The second kappa shape index (κ2) is 9.82. The summed E-state index contributed by atoms with van der Waals surface area (Å²) in [6, 6.07) is 0.610. The van der Waals surface area contributed by atoms with E-state index in [-0.39, 0.29) is 56.5 Å². The van der Waals surface area contributed by atoms with E-state index in [9.17, 15) is 26.7 Å². The first-order chi connectivity index (χ1) is 15.5. The number of benzene rings is 1. The molecule has 0 bridgehead atoms. The molecule has 3 atom stereocenters. The lowest BCUT2D eigenvalue weighted by Gasteiger charge is -2.30. The largest absolute Gasteiger partial charge is 0.439 e. The highest BCUT2D eigenvalue weighted by Crippen LogP contribution is 2.41. The van der Waals surface area contributed by atoms with Gasteiger partial charge in [0.15, 0.2) is 5.58 Å². The molecule has 4 rings (SSSR count). The fourth-order valence-electron chi connectivity index (χ4n) is 4.47. The van der Waals surface area contributed by atoms with Gasteiger partial charge in [0.25, 0.3) is 0 Å². The number of amides is 2. The Kier molecular flexibility index (Phi) is 7.63. The third-order valence-corrected chi connectivity index (χ3v) is 6.40. The molecule has 2 heterocycles. The molecule has 2 fully saturated rings. The van der Waals surface area contributed by atoms with Gasteiger partial charge in [-0.1, -0.05) is 6.07 Å². The second-order valence-electron chi connectivity index (χ2n) is 8.67. The van der Waals surface area contributed by atoms with Gasteiger partial charge in [-0.05, 0) is 36.5 Å². The van der Waals surface area contributed by atoms with Gasteiger partial charge in [0.2, 0.25) is 11.8 Å². The zero-order chi connectivity index (χ0) is 24.0. The summed E-state index contributed by atoms with van der Waals surface area (Å²) >= 11 is 0.